The van der Waals surface area contributed by atoms with Gasteiger partial charge in [0.25, 0.3) is 0 Å². The van der Waals surface area contributed by atoms with Crippen molar-refractivity contribution in [2.45, 2.75) is 20.8 Å². The van der Waals surface area contributed by atoms with Crippen LogP contribution in [0.5, 0.6) is 0 Å². The predicted octanol–water partition coefficient (Wildman–Crippen LogP) is 7.89. The van der Waals surface area contributed by atoms with E-state index in [-0.39, 0.29) is 0 Å². The van der Waals surface area contributed by atoms with E-state index in [1.54, 1.807) is 0 Å². The number of benzene rings is 2. The van der Waals surface area contributed by atoms with Gasteiger partial charge >= 0.3 is 0 Å². The highest BCUT2D eigenvalue weighted by Gasteiger charge is 2.10. The normalized spacial score (nSPS) is 13.1. The number of allylic oxidation sites excluding steroid dienone is 8. The van der Waals surface area contributed by atoms with Crippen LogP contribution in [0.3, 0.4) is 0 Å². The van der Waals surface area contributed by atoms with Gasteiger partial charge in [0.2, 0.25) is 0 Å². The molecule has 3 aromatic rings. The van der Waals surface area contributed by atoms with Crippen molar-refractivity contribution in [1.82, 2.24) is 4.57 Å². The Labute approximate surface area is 168 Å². The highest BCUT2D eigenvalue weighted by molar-refractivity contribution is 5.92. The van der Waals surface area contributed by atoms with E-state index >= 15 is 0 Å². The number of hydrogen-bond donors (Lipinski definition) is 0. The second kappa shape index (κ2) is 9.05. The second-order valence-corrected chi connectivity index (χ2v) is 6.74. The molecule has 2 aromatic carbocycles. The van der Waals surface area contributed by atoms with Crippen molar-refractivity contribution < 1.29 is 0 Å². The lowest BCUT2D eigenvalue weighted by atomic mass is 10.0. The fourth-order valence-corrected chi connectivity index (χ4v) is 3.27. The van der Waals surface area contributed by atoms with Crippen molar-refractivity contribution >= 4 is 22.7 Å². The summed E-state index contributed by atoms with van der Waals surface area (Å²) >= 11 is 0. The van der Waals surface area contributed by atoms with Gasteiger partial charge in [0.05, 0.1) is 5.52 Å². The van der Waals surface area contributed by atoms with Crippen LogP contribution in [0.15, 0.2) is 103 Å². The standard InChI is InChI=1S/C27H27N/c1-5-11-25(12-6-2)28-26(17-15-21(4)7-3)20-24-19-23(16-18-27(24)28)22-13-9-8-10-14-22/h5-20H,1H2,2-4H3/b12-6-,17-15-,21-7-,25-11+. The van der Waals surface area contributed by atoms with Crippen LogP contribution in [-0.2, 0) is 0 Å². The molecule has 0 unspecified atom stereocenters. The van der Waals surface area contributed by atoms with Crippen LogP contribution < -0.4 is 0 Å². The van der Waals surface area contributed by atoms with Crippen LogP contribution in [0.2, 0.25) is 0 Å². The van der Waals surface area contributed by atoms with Crippen LogP contribution in [0.1, 0.15) is 26.5 Å². The topological polar surface area (TPSA) is 4.93 Å². The molecule has 28 heavy (non-hydrogen) atoms. The molecule has 0 aliphatic carbocycles. The fourth-order valence-electron chi connectivity index (χ4n) is 3.27. The van der Waals surface area contributed by atoms with Crippen LogP contribution in [-0.4, -0.2) is 4.57 Å². The summed E-state index contributed by atoms with van der Waals surface area (Å²) in [5.41, 5.74) is 7.12. The number of hydrogen-bond acceptors (Lipinski definition) is 0. The van der Waals surface area contributed by atoms with Crippen LogP contribution in [0.4, 0.5) is 0 Å². The molecule has 0 bridgehead atoms. The largest absolute Gasteiger partial charge is 0.310 e. The van der Waals surface area contributed by atoms with Crippen LogP contribution >= 0.6 is 0 Å². The Morgan fingerprint density at radius 1 is 0.929 bits per heavy atom. The molecule has 1 heterocycles. The number of aromatic nitrogens is 1. The molecule has 0 saturated heterocycles. The summed E-state index contributed by atoms with van der Waals surface area (Å²) in [5.74, 6) is 0. The van der Waals surface area contributed by atoms with Crippen LogP contribution in [0, 0.1) is 0 Å². The molecule has 0 fully saturated rings. The molecule has 0 saturated carbocycles. The first-order chi connectivity index (χ1) is 13.7. The summed E-state index contributed by atoms with van der Waals surface area (Å²) < 4.78 is 2.28. The summed E-state index contributed by atoms with van der Waals surface area (Å²) in [7, 11) is 0. The molecule has 3 rings (SSSR count). The van der Waals surface area contributed by atoms with Crippen molar-refractivity contribution in [1.29, 1.82) is 0 Å². The Hall–Kier alpha value is -3.32. The average molecular weight is 366 g/mol. The summed E-state index contributed by atoms with van der Waals surface area (Å²) in [4.78, 5) is 0. The lowest BCUT2D eigenvalue weighted by Gasteiger charge is -2.10. The molecular weight excluding hydrogens is 338 g/mol. The zero-order valence-electron chi connectivity index (χ0n) is 16.9. The SMILES string of the molecule is C=C/C=C(\C=C/C)n1c(/C=C\C(C)=C/C)cc2cc(-c3ccccc3)ccc21. The molecule has 0 N–H and O–H groups in total. The monoisotopic (exact) mass is 365 g/mol. The Balaban J connectivity index is 2.23. The Morgan fingerprint density at radius 3 is 2.39 bits per heavy atom. The molecule has 140 valence electrons. The van der Waals surface area contributed by atoms with Gasteiger partial charge in [0.15, 0.2) is 0 Å². The van der Waals surface area contributed by atoms with Gasteiger partial charge < -0.3 is 4.57 Å². The van der Waals surface area contributed by atoms with Gasteiger partial charge in [0.1, 0.15) is 0 Å². The van der Waals surface area contributed by atoms with Gasteiger partial charge in [-0.25, -0.2) is 0 Å². The Kier molecular flexibility index (Phi) is 6.29. The third kappa shape index (κ3) is 4.15. The van der Waals surface area contributed by atoms with Gasteiger partial charge in [-0.15, -0.1) is 0 Å². The highest BCUT2D eigenvalue weighted by Crippen LogP contribution is 2.30. The zero-order chi connectivity index (χ0) is 19.9. The minimum atomic E-state index is 1.10. The summed E-state index contributed by atoms with van der Waals surface area (Å²) in [6, 6.07) is 19.4. The third-order valence-corrected chi connectivity index (χ3v) is 4.79. The fraction of sp³-hybridized carbons (Fsp3) is 0.111. The smallest absolute Gasteiger partial charge is 0.0535 e. The van der Waals surface area contributed by atoms with E-state index in [1.807, 2.05) is 19.1 Å². The minimum Gasteiger partial charge on any atom is -0.310 e. The summed E-state index contributed by atoms with van der Waals surface area (Å²) in [6.45, 7) is 10.1. The quantitative estimate of drug-likeness (QED) is 0.391. The molecule has 0 radical (unpaired) electrons. The van der Waals surface area contributed by atoms with Gasteiger partial charge in [0, 0.05) is 16.8 Å². The van der Waals surface area contributed by atoms with E-state index in [4.69, 9.17) is 0 Å². The molecule has 0 atom stereocenters. The van der Waals surface area contributed by atoms with Gasteiger partial charge in [-0.1, -0.05) is 72.9 Å². The van der Waals surface area contributed by atoms with Crippen LogP contribution in [0.25, 0.3) is 33.8 Å². The van der Waals surface area contributed by atoms with E-state index in [9.17, 15) is 0 Å². The van der Waals surface area contributed by atoms with Gasteiger partial charge in [-0.3, -0.25) is 0 Å². The molecule has 1 nitrogen and oxygen atoms in total. The molecule has 0 aliphatic heterocycles. The maximum Gasteiger partial charge on any atom is 0.0535 e. The molecule has 0 amide bonds. The Morgan fingerprint density at radius 2 is 1.71 bits per heavy atom. The summed E-state index contributed by atoms with van der Waals surface area (Å²) in [6.07, 6.45) is 14.5. The third-order valence-electron chi connectivity index (χ3n) is 4.79. The first kappa shape index (κ1) is 19.4. The second-order valence-electron chi connectivity index (χ2n) is 6.74. The molecule has 0 aliphatic rings. The number of rotatable bonds is 6. The van der Waals surface area contributed by atoms with E-state index in [0.29, 0.717) is 0 Å². The average Bonchev–Trinajstić information content (AvgIpc) is 3.09. The lowest BCUT2D eigenvalue weighted by molar-refractivity contribution is 1.15. The van der Waals surface area contributed by atoms with Gasteiger partial charge in [-0.05, 0) is 68.3 Å². The maximum atomic E-state index is 3.89. The van der Waals surface area contributed by atoms with Crippen molar-refractivity contribution in [2.24, 2.45) is 0 Å². The van der Waals surface area contributed by atoms with E-state index < -0.39 is 0 Å². The van der Waals surface area contributed by atoms with E-state index in [0.717, 1.165) is 11.4 Å². The van der Waals surface area contributed by atoms with Gasteiger partial charge in [-0.2, -0.15) is 0 Å². The highest BCUT2D eigenvalue weighted by atomic mass is 15.0. The number of nitrogens with zero attached hydrogens (tertiary/aromatic N) is 1. The number of fused-ring (bicyclic) bond motifs is 1. The summed E-state index contributed by atoms with van der Waals surface area (Å²) in [5, 5.41) is 1.22. The predicted molar refractivity (Wildman–Crippen MR) is 125 cm³/mol. The van der Waals surface area contributed by atoms with E-state index in [1.165, 1.54) is 27.6 Å². The van der Waals surface area contributed by atoms with Crippen molar-refractivity contribution in [3.8, 4) is 11.1 Å². The molecule has 1 heteroatoms. The van der Waals surface area contributed by atoms with Crippen molar-refractivity contribution in [2.75, 3.05) is 0 Å². The Bertz CT molecular complexity index is 1090. The first-order valence-electron chi connectivity index (χ1n) is 9.65. The molecule has 0 spiro atoms. The van der Waals surface area contributed by atoms with Crippen molar-refractivity contribution in [3.63, 3.8) is 0 Å². The lowest BCUT2D eigenvalue weighted by Crippen LogP contribution is -1.97. The maximum absolute atomic E-state index is 3.89. The molecule has 1 aromatic heterocycles. The first-order valence-corrected chi connectivity index (χ1v) is 9.65. The van der Waals surface area contributed by atoms with E-state index in [2.05, 4.69) is 110 Å². The van der Waals surface area contributed by atoms with Crippen molar-refractivity contribution in [3.05, 3.63) is 109 Å². The molecular formula is C27H27N. The zero-order valence-corrected chi connectivity index (χ0v) is 16.9. The minimum absolute atomic E-state index is 1.10.